The van der Waals surface area contributed by atoms with Gasteiger partial charge in [-0.2, -0.15) is 0 Å². The fraction of sp³-hybridized carbons (Fsp3) is 0.364. The van der Waals surface area contributed by atoms with Crippen LogP contribution in [0.3, 0.4) is 0 Å². The molecule has 0 saturated heterocycles. The first-order chi connectivity index (χ1) is 12.9. The van der Waals surface area contributed by atoms with Gasteiger partial charge in [-0.1, -0.05) is 24.3 Å². The summed E-state index contributed by atoms with van der Waals surface area (Å²) in [5.41, 5.74) is 3.77. The predicted octanol–water partition coefficient (Wildman–Crippen LogP) is 3.78. The Bertz CT molecular complexity index is 938. The molecule has 2 aromatic carbocycles. The Morgan fingerprint density at radius 1 is 0.963 bits per heavy atom. The number of rotatable bonds is 4. The molecular formula is C22H23FN2O2. The smallest absolute Gasteiger partial charge is 0.257 e. The van der Waals surface area contributed by atoms with Crippen LogP contribution in [-0.4, -0.2) is 33.7 Å². The minimum absolute atomic E-state index is 0.0706. The number of halogens is 1. The Morgan fingerprint density at radius 2 is 1.70 bits per heavy atom. The van der Waals surface area contributed by atoms with E-state index in [1.165, 1.54) is 6.07 Å². The van der Waals surface area contributed by atoms with E-state index in [1.807, 2.05) is 43.9 Å². The van der Waals surface area contributed by atoms with E-state index in [0.717, 1.165) is 22.3 Å². The van der Waals surface area contributed by atoms with Crippen LogP contribution in [0.4, 0.5) is 4.39 Å². The molecule has 4 rings (SSSR count). The number of fused-ring (bicyclic) bond motifs is 2. The quantitative estimate of drug-likeness (QED) is 0.826. The summed E-state index contributed by atoms with van der Waals surface area (Å²) in [6.07, 6.45) is 0.629. The Hall–Kier alpha value is -2.69. The molecule has 2 aliphatic heterocycles. The number of benzene rings is 2. The van der Waals surface area contributed by atoms with Gasteiger partial charge < -0.3 is 9.80 Å². The summed E-state index contributed by atoms with van der Waals surface area (Å²) >= 11 is 0. The van der Waals surface area contributed by atoms with Crippen molar-refractivity contribution in [2.75, 3.05) is 0 Å². The number of hydrogen-bond acceptors (Lipinski definition) is 2. The lowest BCUT2D eigenvalue weighted by Crippen LogP contribution is -2.35. The van der Waals surface area contributed by atoms with Gasteiger partial charge in [-0.3, -0.25) is 9.59 Å². The first-order valence-electron chi connectivity index (χ1n) is 9.38. The summed E-state index contributed by atoms with van der Waals surface area (Å²) in [7, 11) is 0. The Labute approximate surface area is 158 Å². The summed E-state index contributed by atoms with van der Waals surface area (Å²) in [6, 6.07) is 10.9. The Morgan fingerprint density at radius 3 is 2.41 bits per heavy atom. The average molecular weight is 366 g/mol. The molecule has 2 aromatic rings. The van der Waals surface area contributed by atoms with E-state index in [0.29, 0.717) is 19.5 Å². The standard InChI is InChI=1S/C22H23FN2O2/c1-13(2)24-11-16-8-7-15(10-18(16)21(24)26)9-14(3)25-12-17-5-4-6-19(23)20(17)22(25)27/h4-8,10,13-14H,9,11-12H2,1-3H3. The molecule has 140 valence electrons. The van der Waals surface area contributed by atoms with Gasteiger partial charge in [0.15, 0.2) is 0 Å². The third-order valence-corrected chi connectivity index (χ3v) is 5.61. The molecule has 0 radical (unpaired) electrons. The fourth-order valence-corrected chi connectivity index (χ4v) is 4.06. The van der Waals surface area contributed by atoms with Gasteiger partial charge in [0.25, 0.3) is 11.8 Å². The molecule has 0 saturated carbocycles. The van der Waals surface area contributed by atoms with Crippen LogP contribution in [0.2, 0.25) is 0 Å². The summed E-state index contributed by atoms with van der Waals surface area (Å²) in [5, 5.41) is 0. The van der Waals surface area contributed by atoms with E-state index in [1.54, 1.807) is 17.0 Å². The van der Waals surface area contributed by atoms with Crippen LogP contribution in [0.15, 0.2) is 36.4 Å². The second kappa shape index (κ2) is 6.48. The Kier molecular flexibility index (Phi) is 4.25. The van der Waals surface area contributed by atoms with E-state index < -0.39 is 5.82 Å². The van der Waals surface area contributed by atoms with Gasteiger partial charge in [-0.25, -0.2) is 4.39 Å². The molecule has 5 heteroatoms. The third-order valence-electron chi connectivity index (χ3n) is 5.61. The molecule has 2 heterocycles. The van der Waals surface area contributed by atoms with Crippen LogP contribution in [0.1, 0.15) is 58.2 Å². The van der Waals surface area contributed by atoms with Gasteiger partial charge >= 0.3 is 0 Å². The lowest BCUT2D eigenvalue weighted by Gasteiger charge is -2.24. The van der Waals surface area contributed by atoms with Crippen molar-refractivity contribution in [3.63, 3.8) is 0 Å². The maximum Gasteiger partial charge on any atom is 0.257 e. The number of hydrogen-bond donors (Lipinski definition) is 0. The summed E-state index contributed by atoms with van der Waals surface area (Å²) in [5.74, 6) is -0.635. The summed E-state index contributed by atoms with van der Waals surface area (Å²) in [4.78, 5) is 28.8. The molecule has 0 aliphatic carbocycles. The van der Waals surface area contributed by atoms with Crippen LogP contribution in [0, 0.1) is 5.82 Å². The molecule has 0 bridgehead atoms. The van der Waals surface area contributed by atoms with Gasteiger partial charge in [-0.15, -0.1) is 0 Å². The van der Waals surface area contributed by atoms with Crippen LogP contribution in [0.25, 0.3) is 0 Å². The largest absolute Gasteiger partial charge is 0.332 e. The molecule has 4 nitrogen and oxygen atoms in total. The minimum atomic E-state index is -0.455. The number of carbonyl (C=O) groups is 2. The second-order valence-corrected chi connectivity index (χ2v) is 7.78. The number of carbonyl (C=O) groups excluding carboxylic acids is 2. The lowest BCUT2D eigenvalue weighted by molar-refractivity contribution is 0.0708. The topological polar surface area (TPSA) is 40.6 Å². The first-order valence-corrected chi connectivity index (χ1v) is 9.38. The van der Waals surface area contributed by atoms with Crippen LogP contribution in [0.5, 0.6) is 0 Å². The highest BCUT2D eigenvalue weighted by atomic mass is 19.1. The van der Waals surface area contributed by atoms with Gasteiger partial charge in [-0.05, 0) is 56.0 Å². The zero-order valence-corrected chi connectivity index (χ0v) is 15.8. The average Bonchev–Trinajstić information content (AvgIpc) is 3.14. The number of amides is 2. The minimum Gasteiger partial charge on any atom is -0.332 e. The highest BCUT2D eigenvalue weighted by molar-refractivity contribution is 5.99. The molecule has 0 aromatic heterocycles. The van der Waals surface area contributed by atoms with E-state index in [9.17, 15) is 14.0 Å². The van der Waals surface area contributed by atoms with E-state index in [4.69, 9.17) is 0 Å². The highest BCUT2D eigenvalue weighted by Gasteiger charge is 2.34. The molecule has 27 heavy (non-hydrogen) atoms. The van der Waals surface area contributed by atoms with E-state index in [2.05, 4.69) is 0 Å². The first kappa shape index (κ1) is 17.7. The maximum atomic E-state index is 14.0. The normalized spacial score (nSPS) is 16.9. The van der Waals surface area contributed by atoms with Gasteiger partial charge in [0.2, 0.25) is 0 Å². The second-order valence-electron chi connectivity index (χ2n) is 7.78. The lowest BCUT2D eigenvalue weighted by atomic mass is 10.0. The van der Waals surface area contributed by atoms with Crippen molar-refractivity contribution >= 4 is 11.8 Å². The third kappa shape index (κ3) is 2.91. The van der Waals surface area contributed by atoms with Crippen molar-refractivity contribution in [2.24, 2.45) is 0 Å². The molecule has 1 atom stereocenters. The zero-order valence-electron chi connectivity index (χ0n) is 15.8. The van der Waals surface area contributed by atoms with Crippen molar-refractivity contribution < 1.29 is 14.0 Å². The van der Waals surface area contributed by atoms with E-state index >= 15 is 0 Å². The molecular weight excluding hydrogens is 343 g/mol. The molecule has 2 amide bonds. The van der Waals surface area contributed by atoms with Crippen molar-refractivity contribution in [3.8, 4) is 0 Å². The summed E-state index contributed by atoms with van der Waals surface area (Å²) in [6.45, 7) is 7.08. The maximum absolute atomic E-state index is 14.0. The fourth-order valence-electron chi connectivity index (χ4n) is 4.06. The van der Waals surface area contributed by atoms with Crippen molar-refractivity contribution in [2.45, 2.75) is 52.4 Å². The van der Waals surface area contributed by atoms with Gasteiger partial charge in [0.1, 0.15) is 5.82 Å². The van der Waals surface area contributed by atoms with Crippen LogP contribution < -0.4 is 0 Å². The molecule has 0 spiro atoms. The number of nitrogens with zero attached hydrogens (tertiary/aromatic N) is 2. The predicted molar refractivity (Wildman–Crippen MR) is 101 cm³/mol. The summed E-state index contributed by atoms with van der Waals surface area (Å²) < 4.78 is 14.0. The van der Waals surface area contributed by atoms with Crippen LogP contribution in [-0.2, 0) is 19.5 Å². The molecule has 1 unspecified atom stereocenters. The van der Waals surface area contributed by atoms with Crippen molar-refractivity contribution in [1.82, 2.24) is 9.80 Å². The van der Waals surface area contributed by atoms with Gasteiger partial charge in [0, 0.05) is 30.7 Å². The van der Waals surface area contributed by atoms with Crippen LogP contribution >= 0.6 is 0 Å². The monoisotopic (exact) mass is 366 g/mol. The van der Waals surface area contributed by atoms with Crippen molar-refractivity contribution in [3.05, 3.63) is 70.0 Å². The molecule has 0 fully saturated rings. The Balaban J connectivity index is 1.52. The molecule has 2 aliphatic rings. The molecule has 0 N–H and O–H groups in total. The SMILES string of the molecule is CC(C)N1Cc2ccc(CC(C)N3Cc4cccc(F)c4C3=O)cc2C1=O. The van der Waals surface area contributed by atoms with E-state index in [-0.39, 0.29) is 29.5 Å². The van der Waals surface area contributed by atoms with Gasteiger partial charge in [0.05, 0.1) is 5.56 Å². The van der Waals surface area contributed by atoms with Crippen molar-refractivity contribution in [1.29, 1.82) is 0 Å². The highest BCUT2D eigenvalue weighted by Crippen LogP contribution is 2.29. The zero-order chi connectivity index (χ0) is 19.3.